The molecule has 7 heteroatoms. The molecule has 0 spiro atoms. The zero-order valence-electron chi connectivity index (χ0n) is 24.8. The SMILES string of the molecule is CCn1c(SCC(=O)NCCCCOc2ccc(C(C)(C)CC)cc2C(C)(C)CC)nnc1-c1ccccc1. The average molecular weight is 551 g/mol. The lowest BCUT2D eigenvalue weighted by atomic mass is 9.76. The average Bonchev–Trinajstić information content (AvgIpc) is 3.37. The van der Waals surface area contributed by atoms with Crippen molar-refractivity contribution in [3.63, 3.8) is 0 Å². The number of rotatable bonds is 15. The number of benzene rings is 2. The predicted octanol–water partition coefficient (Wildman–Crippen LogP) is 7.41. The number of unbranched alkanes of at least 4 members (excludes halogenated alkanes) is 1. The molecule has 0 saturated heterocycles. The highest BCUT2D eigenvalue weighted by Gasteiger charge is 2.26. The standard InChI is InChI=1S/C32H46N4O2S/c1-8-31(4,5)25-18-19-27(26(22-25)32(6,7)9-2)38-21-15-14-20-33-28(37)23-39-30-35-34-29(36(30)10-3)24-16-12-11-13-17-24/h11-13,16-19,22H,8-10,14-15,20-21,23H2,1-7H3,(H,33,37). The minimum absolute atomic E-state index is 0.00828. The molecule has 0 aliphatic carbocycles. The molecule has 0 bridgehead atoms. The fourth-order valence-electron chi connectivity index (χ4n) is 4.30. The summed E-state index contributed by atoms with van der Waals surface area (Å²) in [6.45, 7) is 17.7. The molecule has 3 rings (SSSR count). The topological polar surface area (TPSA) is 69.0 Å². The van der Waals surface area contributed by atoms with E-state index >= 15 is 0 Å². The first-order chi connectivity index (χ1) is 18.6. The molecule has 1 aromatic heterocycles. The lowest BCUT2D eigenvalue weighted by molar-refractivity contribution is -0.118. The normalized spacial score (nSPS) is 12.0. The molecular weight excluding hydrogens is 504 g/mol. The molecule has 212 valence electrons. The van der Waals surface area contributed by atoms with E-state index in [-0.39, 0.29) is 16.7 Å². The summed E-state index contributed by atoms with van der Waals surface area (Å²) in [5.74, 6) is 2.14. The van der Waals surface area contributed by atoms with E-state index in [4.69, 9.17) is 4.74 Å². The molecule has 0 atom stereocenters. The Labute approximate surface area is 239 Å². The molecule has 1 N–H and O–H groups in total. The molecule has 0 fully saturated rings. The van der Waals surface area contributed by atoms with Crippen molar-refractivity contribution in [2.24, 2.45) is 0 Å². The number of hydrogen-bond acceptors (Lipinski definition) is 5. The fraction of sp³-hybridized carbons (Fsp3) is 0.531. The van der Waals surface area contributed by atoms with Gasteiger partial charge in [-0.1, -0.05) is 95.8 Å². The number of thioether (sulfide) groups is 1. The third-order valence-electron chi connectivity index (χ3n) is 7.81. The largest absolute Gasteiger partial charge is 0.493 e. The van der Waals surface area contributed by atoms with Crippen LogP contribution < -0.4 is 10.1 Å². The van der Waals surface area contributed by atoms with E-state index in [1.165, 1.54) is 22.9 Å². The minimum Gasteiger partial charge on any atom is -0.493 e. The highest BCUT2D eigenvalue weighted by atomic mass is 32.2. The molecule has 0 radical (unpaired) electrons. The van der Waals surface area contributed by atoms with Crippen molar-refractivity contribution in [2.45, 2.75) is 96.7 Å². The van der Waals surface area contributed by atoms with Gasteiger partial charge in [-0.3, -0.25) is 4.79 Å². The van der Waals surface area contributed by atoms with Gasteiger partial charge in [-0.15, -0.1) is 10.2 Å². The first-order valence-corrected chi connectivity index (χ1v) is 15.3. The maximum Gasteiger partial charge on any atom is 0.230 e. The van der Waals surface area contributed by atoms with Gasteiger partial charge in [0.25, 0.3) is 0 Å². The summed E-state index contributed by atoms with van der Waals surface area (Å²) >= 11 is 1.42. The van der Waals surface area contributed by atoms with Gasteiger partial charge in [-0.2, -0.15) is 0 Å². The summed E-state index contributed by atoms with van der Waals surface area (Å²) in [5, 5.41) is 12.5. The molecular formula is C32H46N4O2S. The lowest BCUT2D eigenvalue weighted by Gasteiger charge is -2.30. The number of carbonyl (C=O) groups excluding carboxylic acids is 1. The van der Waals surface area contributed by atoms with E-state index in [1.807, 2.05) is 30.3 Å². The van der Waals surface area contributed by atoms with Gasteiger partial charge >= 0.3 is 0 Å². The quantitative estimate of drug-likeness (QED) is 0.158. The summed E-state index contributed by atoms with van der Waals surface area (Å²) in [7, 11) is 0. The van der Waals surface area contributed by atoms with Crippen molar-refractivity contribution in [2.75, 3.05) is 18.9 Å². The van der Waals surface area contributed by atoms with Gasteiger partial charge in [0.1, 0.15) is 5.75 Å². The van der Waals surface area contributed by atoms with Crippen LogP contribution in [0.2, 0.25) is 0 Å². The third kappa shape index (κ3) is 8.10. The Balaban J connectivity index is 1.45. The summed E-state index contributed by atoms with van der Waals surface area (Å²) in [6.07, 6.45) is 3.89. The van der Waals surface area contributed by atoms with Crippen LogP contribution in [0.5, 0.6) is 5.75 Å². The van der Waals surface area contributed by atoms with Gasteiger partial charge in [0.05, 0.1) is 12.4 Å². The summed E-state index contributed by atoms with van der Waals surface area (Å²) in [4.78, 5) is 12.5. The Morgan fingerprint density at radius 3 is 2.33 bits per heavy atom. The first-order valence-electron chi connectivity index (χ1n) is 14.3. The van der Waals surface area contributed by atoms with Gasteiger partial charge in [-0.05, 0) is 55.1 Å². The van der Waals surface area contributed by atoms with E-state index in [1.54, 1.807) is 0 Å². The maximum absolute atomic E-state index is 12.5. The van der Waals surface area contributed by atoms with Crippen LogP contribution in [-0.2, 0) is 22.2 Å². The van der Waals surface area contributed by atoms with Gasteiger partial charge < -0.3 is 14.6 Å². The second kappa shape index (κ2) is 14.0. The van der Waals surface area contributed by atoms with Crippen molar-refractivity contribution >= 4 is 17.7 Å². The zero-order chi connectivity index (χ0) is 28.5. The first kappa shape index (κ1) is 30.7. The van der Waals surface area contributed by atoms with Gasteiger partial charge in [0.15, 0.2) is 11.0 Å². The Hall–Kier alpha value is -2.80. The van der Waals surface area contributed by atoms with Crippen LogP contribution in [0, 0.1) is 0 Å². The second-order valence-electron chi connectivity index (χ2n) is 11.3. The number of carbonyl (C=O) groups is 1. The number of aromatic nitrogens is 3. The molecule has 0 aliphatic rings. The number of amides is 1. The van der Waals surface area contributed by atoms with E-state index < -0.39 is 0 Å². The van der Waals surface area contributed by atoms with Crippen molar-refractivity contribution in [3.8, 4) is 17.1 Å². The number of nitrogens with one attached hydrogen (secondary N) is 1. The van der Waals surface area contributed by atoms with Gasteiger partial charge in [0.2, 0.25) is 5.91 Å². The Kier molecular flexibility index (Phi) is 11.0. The van der Waals surface area contributed by atoms with Crippen LogP contribution in [0.4, 0.5) is 0 Å². The van der Waals surface area contributed by atoms with Crippen LogP contribution >= 0.6 is 11.8 Å². The second-order valence-corrected chi connectivity index (χ2v) is 12.2. The van der Waals surface area contributed by atoms with E-state index in [0.29, 0.717) is 18.9 Å². The third-order valence-corrected chi connectivity index (χ3v) is 8.77. The molecule has 3 aromatic rings. The summed E-state index contributed by atoms with van der Waals surface area (Å²) in [5.41, 5.74) is 3.86. The van der Waals surface area contributed by atoms with Crippen LogP contribution in [0.1, 0.15) is 85.3 Å². The Bertz CT molecular complexity index is 1200. The lowest BCUT2D eigenvalue weighted by Crippen LogP contribution is -2.26. The van der Waals surface area contributed by atoms with Crippen LogP contribution in [0.25, 0.3) is 11.4 Å². The molecule has 6 nitrogen and oxygen atoms in total. The molecule has 1 heterocycles. The number of ether oxygens (including phenoxy) is 1. The zero-order valence-corrected chi connectivity index (χ0v) is 25.7. The molecule has 0 saturated carbocycles. The predicted molar refractivity (Wildman–Crippen MR) is 163 cm³/mol. The Morgan fingerprint density at radius 2 is 1.67 bits per heavy atom. The highest BCUT2D eigenvalue weighted by Crippen LogP contribution is 2.38. The summed E-state index contributed by atoms with van der Waals surface area (Å²) in [6, 6.07) is 16.7. The monoisotopic (exact) mass is 550 g/mol. The molecule has 2 aromatic carbocycles. The van der Waals surface area contributed by atoms with Crippen LogP contribution in [0.3, 0.4) is 0 Å². The molecule has 0 aliphatic heterocycles. The highest BCUT2D eigenvalue weighted by molar-refractivity contribution is 7.99. The molecule has 1 amide bonds. The number of nitrogens with zero attached hydrogens (tertiary/aromatic N) is 3. The van der Waals surface area contributed by atoms with E-state index in [2.05, 4.69) is 86.7 Å². The van der Waals surface area contributed by atoms with Crippen molar-refractivity contribution in [3.05, 3.63) is 59.7 Å². The van der Waals surface area contributed by atoms with Crippen LogP contribution in [0.15, 0.2) is 53.7 Å². The van der Waals surface area contributed by atoms with Crippen molar-refractivity contribution in [1.82, 2.24) is 20.1 Å². The smallest absolute Gasteiger partial charge is 0.230 e. The molecule has 0 unspecified atom stereocenters. The van der Waals surface area contributed by atoms with Gasteiger partial charge in [-0.25, -0.2) is 0 Å². The van der Waals surface area contributed by atoms with Crippen molar-refractivity contribution in [1.29, 1.82) is 0 Å². The number of hydrogen-bond donors (Lipinski definition) is 1. The fourth-order valence-corrected chi connectivity index (χ4v) is 5.13. The Morgan fingerprint density at radius 1 is 0.949 bits per heavy atom. The summed E-state index contributed by atoms with van der Waals surface area (Å²) < 4.78 is 8.32. The van der Waals surface area contributed by atoms with Gasteiger partial charge in [0, 0.05) is 24.2 Å². The molecule has 39 heavy (non-hydrogen) atoms. The minimum atomic E-state index is 0.00828. The van der Waals surface area contributed by atoms with E-state index in [0.717, 1.165) is 54.5 Å². The van der Waals surface area contributed by atoms with Crippen molar-refractivity contribution < 1.29 is 9.53 Å². The maximum atomic E-state index is 12.5. The van der Waals surface area contributed by atoms with E-state index in [9.17, 15) is 4.79 Å². The van der Waals surface area contributed by atoms with Crippen LogP contribution in [-0.4, -0.2) is 39.6 Å².